The molecule has 1 N–H and O–H groups in total. The van der Waals surface area contributed by atoms with Crippen molar-refractivity contribution < 1.29 is 18.8 Å². The predicted octanol–water partition coefficient (Wildman–Crippen LogP) is 4.66. The summed E-state index contributed by atoms with van der Waals surface area (Å²) in [6.07, 6.45) is 0.128. The first kappa shape index (κ1) is 19.5. The molecule has 0 atom stereocenters. The lowest BCUT2D eigenvalue weighted by atomic mass is 10.0. The molecule has 0 bridgehead atoms. The van der Waals surface area contributed by atoms with E-state index in [2.05, 4.69) is 24.3 Å². The number of hydrogen-bond acceptors (Lipinski definition) is 5. The molecule has 0 aliphatic heterocycles. The maximum absolute atomic E-state index is 12.3. The van der Waals surface area contributed by atoms with E-state index in [0.29, 0.717) is 28.9 Å². The summed E-state index contributed by atoms with van der Waals surface area (Å²) < 4.78 is 15.9. The highest BCUT2D eigenvalue weighted by atomic mass is 16.5. The van der Waals surface area contributed by atoms with Crippen molar-refractivity contribution in [3.05, 3.63) is 59.8 Å². The van der Waals surface area contributed by atoms with Crippen molar-refractivity contribution in [2.75, 3.05) is 19.5 Å². The summed E-state index contributed by atoms with van der Waals surface area (Å²) in [4.78, 5) is 12.3. The number of benzene rings is 2. The van der Waals surface area contributed by atoms with Crippen LogP contribution < -0.4 is 14.8 Å². The minimum Gasteiger partial charge on any atom is -0.493 e. The van der Waals surface area contributed by atoms with Crippen LogP contribution in [-0.4, -0.2) is 25.3 Å². The third-order valence-electron chi connectivity index (χ3n) is 4.43. The summed E-state index contributed by atoms with van der Waals surface area (Å²) in [5.74, 6) is 2.10. The largest absolute Gasteiger partial charge is 0.493 e. The van der Waals surface area contributed by atoms with Gasteiger partial charge in [0, 0.05) is 17.3 Å². The van der Waals surface area contributed by atoms with Gasteiger partial charge >= 0.3 is 0 Å². The zero-order valence-electron chi connectivity index (χ0n) is 16.5. The van der Waals surface area contributed by atoms with Crippen LogP contribution in [-0.2, 0) is 11.2 Å². The molecule has 1 aromatic heterocycles. The third kappa shape index (κ3) is 4.52. The number of carbonyl (C=O) groups excluding carboxylic acids is 1. The molecular formula is C22H24N2O4. The summed E-state index contributed by atoms with van der Waals surface area (Å²) in [7, 11) is 3.16. The van der Waals surface area contributed by atoms with Gasteiger partial charge in [-0.2, -0.15) is 0 Å². The summed E-state index contributed by atoms with van der Waals surface area (Å²) >= 11 is 0. The Hall–Kier alpha value is -3.28. The van der Waals surface area contributed by atoms with Crippen molar-refractivity contribution in [1.82, 2.24) is 5.16 Å². The van der Waals surface area contributed by atoms with Crippen molar-refractivity contribution in [1.29, 1.82) is 0 Å². The van der Waals surface area contributed by atoms with E-state index in [9.17, 15) is 4.79 Å². The first-order valence-electron chi connectivity index (χ1n) is 9.08. The molecule has 0 radical (unpaired) electrons. The Morgan fingerprint density at radius 3 is 2.39 bits per heavy atom. The SMILES string of the molecule is COc1ccc(-c2cc(CC(=O)Nc3ccc(C(C)C)cc3)no2)cc1OC. The Morgan fingerprint density at radius 2 is 1.75 bits per heavy atom. The summed E-state index contributed by atoms with van der Waals surface area (Å²) in [5.41, 5.74) is 3.34. The van der Waals surface area contributed by atoms with Gasteiger partial charge in [-0.3, -0.25) is 4.79 Å². The summed E-state index contributed by atoms with van der Waals surface area (Å²) in [6, 6.07) is 15.1. The Labute approximate surface area is 164 Å². The van der Waals surface area contributed by atoms with Gasteiger partial charge in [0.15, 0.2) is 17.3 Å². The number of ether oxygens (including phenoxy) is 2. The summed E-state index contributed by atoms with van der Waals surface area (Å²) in [5, 5.41) is 6.88. The lowest BCUT2D eigenvalue weighted by Crippen LogP contribution is -2.14. The molecule has 3 aromatic rings. The fraction of sp³-hybridized carbons (Fsp3) is 0.273. The van der Waals surface area contributed by atoms with Crippen LogP contribution in [0.25, 0.3) is 11.3 Å². The Balaban J connectivity index is 1.66. The molecule has 0 fully saturated rings. The van der Waals surface area contributed by atoms with Crippen molar-refractivity contribution in [2.45, 2.75) is 26.2 Å². The first-order chi connectivity index (χ1) is 13.5. The topological polar surface area (TPSA) is 73.6 Å². The van der Waals surface area contributed by atoms with Crippen LogP contribution in [0.5, 0.6) is 11.5 Å². The van der Waals surface area contributed by atoms with Crippen molar-refractivity contribution in [3.63, 3.8) is 0 Å². The van der Waals surface area contributed by atoms with E-state index in [-0.39, 0.29) is 12.3 Å². The second-order valence-electron chi connectivity index (χ2n) is 6.75. The molecule has 3 rings (SSSR count). The highest BCUT2D eigenvalue weighted by molar-refractivity contribution is 5.92. The fourth-order valence-electron chi connectivity index (χ4n) is 2.84. The Kier molecular flexibility index (Phi) is 5.99. The highest BCUT2D eigenvalue weighted by Gasteiger charge is 2.13. The molecule has 0 saturated carbocycles. The number of aromatic nitrogens is 1. The number of methoxy groups -OCH3 is 2. The van der Waals surface area contributed by atoms with E-state index in [4.69, 9.17) is 14.0 Å². The third-order valence-corrected chi connectivity index (χ3v) is 4.43. The predicted molar refractivity (Wildman–Crippen MR) is 108 cm³/mol. The number of amides is 1. The van der Waals surface area contributed by atoms with Gasteiger partial charge in [0.05, 0.1) is 26.3 Å². The average Bonchev–Trinajstić information content (AvgIpc) is 3.16. The number of carbonyl (C=O) groups is 1. The molecule has 0 aliphatic rings. The van der Waals surface area contributed by atoms with E-state index < -0.39 is 0 Å². The smallest absolute Gasteiger partial charge is 0.230 e. The van der Waals surface area contributed by atoms with Gasteiger partial charge in [0.2, 0.25) is 5.91 Å². The maximum atomic E-state index is 12.3. The zero-order chi connectivity index (χ0) is 20.1. The average molecular weight is 380 g/mol. The molecule has 0 saturated heterocycles. The Morgan fingerprint density at radius 1 is 1.04 bits per heavy atom. The monoisotopic (exact) mass is 380 g/mol. The molecule has 28 heavy (non-hydrogen) atoms. The van der Waals surface area contributed by atoms with Gasteiger partial charge in [0.25, 0.3) is 0 Å². The number of rotatable bonds is 7. The van der Waals surface area contributed by atoms with Gasteiger partial charge in [0.1, 0.15) is 0 Å². The lowest BCUT2D eigenvalue weighted by Gasteiger charge is -2.08. The second kappa shape index (κ2) is 8.61. The molecule has 0 unspecified atom stereocenters. The van der Waals surface area contributed by atoms with Crippen molar-refractivity contribution >= 4 is 11.6 Å². The van der Waals surface area contributed by atoms with Gasteiger partial charge in [-0.05, 0) is 41.8 Å². The standard InChI is InChI=1S/C22H24N2O4/c1-14(2)15-5-8-17(9-6-15)23-22(25)13-18-12-20(28-24-18)16-7-10-19(26-3)21(11-16)27-4/h5-12,14H,13H2,1-4H3,(H,23,25). The number of anilines is 1. The van der Waals surface area contributed by atoms with Gasteiger partial charge < -0.3 is 19.3 Å². The van der Waals surface area contributed by atoms with Crippen LogP contribution in [0.1, 0.15) is 31.0 Å². The quantitative estimate of drug-likeness (QED) is 0.645. The number of nitrogens with one attached hydrogen (secondary N) is 1. The zero-order valence-corrected chi connectivity index (χ0v) is 16.5. The fourth-order valence-corrected chi connectivity index (χ4v) is 2.84. The second-order valence-corrected chi connectivity index (χ2v) is 6.75. The van der Waals surface area contributed by atoms with Crippen LogP contribution in [0.15, 0.2) is 53.1 Å². The molecule has 0 spiro atoms. The normalized spacial score (nSPS) is 10.8. The van der Waals surface area contributed by atoms with Gasteiger partial charge in [-0.15, -0.1) is 0 Å². The molecule has 1 amide bonds. The van der Waals surface area contributed by atoms with E-state index in [1.165, 1.54) is 5.56 Å². The van der Waals surface area contributed by atoms with Crippen LogP contribution in [0.2, 0.25) is 0 Å². The molecular weight excluding hydrogens is 356 g/mol. The molecule has 0 aliphatic carbocycles. The van der Waals surface area contributed by atoms with E-state index >= 15 is 0 Å². The number of hydrogen-bond donors (Lipinski definition) is 1. The van der Waals surface area contributed by atoms with Crippen LogP contribution in [0.4, 0.5) is 5.69 Å². The minimum atomic E-state index is -0.149. The number of nitrogens with zero attached hydrogens (tertiary/aromatic N) is 1. The molecule has 6 nitrogen and oxygen atoms in total. The lowest BCUT2D eigenvalue weighted by molar-refractivity contribution is -0.115. The van der Waals surface area contributed by atoms with E-state index in [1.807, 2.05) is 30.3 Å². The minimum absolute atomic E-state index is 0.128. The summed E-state index contributed by atoms with van der Waals surface area (Å²) in [6.45, 7) is 4.27. The van der Waals surface area contributed by atoms with E-state index in [1.54, 1.807) is 32.4 Å². The van der Waals surface area contributed by atoms with Crippen molar-refractivity contribution in [3.8, 4) is 22.8 Å². The van der Waals surface area contributed by atoms with Crippen LogP contribution >= 0.6 is 0 Å². The van der Waals surface area contributed by atoms with Crippen molar-refractivity contribution in [2.24, 2.45) is 0 Å². The Bertz CT molecular complexity index is 945. The van der Waals surface area contributed by atoms with Gasteiger partial charge in [-0.1, -0.05) is 31.1 Å². The van der Waals surface area contributed by atoms with E-state index in [0.717, 1.165) is 11.3 Å². The molecule has 146 valence electrons. The first-order valence-corrected chi connectivity index (χ1v) is 9.08. The highest BCUT2D eigenvalue weighted by Crippen LogP contribution is 2.32. The molecule has 6 heteroatoms. The molecule has 2 aromatic carbocycles. The molecule has 1 heterocycles. The van der Waals surface area contributed by atoms with Gasteiger partial charge in [-0.25, -0.2) is 0 Å². The maximum Gasteiger partial charge on any atom is 0.230 e. The van der Waals surface area contributed by atoms with Crippen LogP contribution in [0, 0.1) is 0 Å². The van der Waals surface area contributed by atoms with Crippen LogP contribution in [0.3, 0.4) is 0 Å².